The van der Waals surface area contributed by atoms with E-state index in [9.17, 15) is 4.79 Å². The van der Waals surface area contributed by atoms with Crippen LogP contribution in [0.2, 0.25) is 0 Å². The molecular weight excluding hydrogens is 304 g/mol. The fraction of sp³-hybridized carbons (Fsp3) is 0.350. The lowest BCUT2D eigenvalue weighted by Crippen LogP contribution is -1.93. The molecule has 2 nitrogen and oxygen atoms in total. The van der Waals surface area contributed by atoms with Gasteiger partial charge in [-0.2, -0.15) is 0 Å². The molecule has 0 aliphatic heterocycles. The standard InChI is InChI=1S/C20H24O2S/c21-20(22)9-5-3-1-2-4-7-17-10-12-18(13-11-17)14-15-19-8-6-16-23-19/h6,8,10-16H,1-5,7,9H2,(H,21,22)/b15-14+. The molecule has 0 bridgehead atoms. The van der Waals surface area contributed by atoms with Gasteiger partial charge in [-0.3, -0.25) is 4.79 Å². The van der Waals surface area contributed by atoms with Crippen LogP contribution in [-0.2, 0) is 11.2 Å². The minimum Gasteiger partial charge on any atom is -0.481 e. The summed E-state index contributed by atoms with van der Waals surface area (Å²) in [4.78, 5) is 11.7. The Hall–Kier alpha value is -1.87. The minimum atomic E-state index is -0.682. The van der Waals surface area contributed by atoms with Crippen LogP contribution in [0.3, 0.4) is 0 Å². The van der Waals surface area contributed by atoms with E-state index in [1.54, 1.807) is 11.3 Å². The fourth-order valence-corrected chi connectivity index (χ4v) is 3.11. The summed E-state index contributed by atoms with van der Waals surface area (Å²) < 4.78 is 0. The van der Waals surface area contributed by atoms with Crippen molar-refractivity contribution in [1.82, 2.24) is 0 Å². The molecule has 0 unspecified atom stereocenters. The molecule has 0 radical (unpaired) electrons. The third-order valence-corrected chi connectivity index (χ3v) is 4.66. The summed E-state index contributed by atoms with van der Waals surface area (Å²) in [5.74, 6) is -0.682. The number of unbranched alkanes of at least 4 members (excludes halogenated alkanes) is 4. The van der Waals surface area contributed by atoms with E-state index in [4.69, 9.17) is 5.11 Å². The van der Waals surface area contributed by atoms with E-state index >= 15 is 0 Å². The number of carboxylic acid groups (broad SMARTS) is 1. The van der Waals surface area contributed by atoms with Gasteiger partial charge in [0.15, 0.2) is 0 Å². The summed E-state index contributed by atoms with van der Waals surface area (Å²) in [5, 5.41) is 10.7. The normalized spacial score (nSPS) is 11.1. The third kappa shape index (κ3) is 7.29. The first-order chi connectivity index (χ1) is 11.2. The van der Waals surface area contributed by atoms with Gasteiger partial charge in [-0.25, -0.2) is 0 Å². The number of benzene rings is 1. The molecule has 0 spiro atoms. The number of hydrogen-bond acceptors (Lipinski definition) is 2. The predicted octanol–water partition coefficient (Wildman–Crippen LogP) is 5.89. The topological polar surface area (TPSA) is 37.3 Å². The van der Waals surface area contributed by atoms with Gasteiger partial charge in [0.1, 0.15) is 0 Å². The maximum Gasteiger partial charge on any atom is 0.303 e. The van der Waals surface area contributed by atoms with Gasteiger partial charge in [-0.15, -0.1) is 11.3 Å². The molecule has 0 amide bonds. The highest BCUT2D eigenvalue weighted by Gasteiger charge is 1.98. The molecule has 1 aromatic heterocycles. The molecular formula is C20H24O2S. The maximum atomic E-state index is 10.4. The van der Waals surface area contributed by atoms with Gasteiger partial charge < -0.3 is 5.11 Å². The number of carbonyl (C=O) groups is 1. The van der Waals surface area contributed by atoms with Gasteiger partial charge in [0.2, 0.25) is 0 Å². The van der Waals surface area contributed by atoms with Gasteiger partial charge in [0.25, 0.3) is 0 Å². The van der Waals surface area contributed by atoms with Gasteiger partial charge in [-0.1, -0.05) is 55.7 Å². The predicted molar refractivity (Wildman–Crippen MR) is 98.7 cm³/mol. The zero-order valence-corrected chi connectivity index (χ0v) is 14.2. The Bertz CT molecular complexity index is 597. The van der Waals surface area contributed by atoms with Crippen LogP contribution in [0, 0.1) is 0 Å². The lowest BCUT2D eigenvalue weighted by atomic mass is 10.0. The molecule has 1 aromatic carbocycles. The molecule has 0 aliphatic rings. The van der Waals surface area contributed by atoms with Crippen molar-refractivity contribution in [2.75, 3.05) is 0 Å². The van der Waals surface area contributed by atoms with E-state index < -0.39 is 5.97 Å². The molecule has 23 heavy (non-hydrogen) atoms. The summed E-state index contributed by atoms with van der Waals surface area (Å²) in [7, 11) is 0. The lowest BCUT2D eigenvalue weighted by Gasteiger charge is -2.03. The van der Waals surface area contributed by atoms with Crippen LogP contribution in [-0.4, -0.2) is 11.1 Å². The SMILES string of the molecule is O=C(O)CCCCCCCc1ccc(/C=C/c2cccs2)cc1. The average Bonchev–Trinajstić information content (AvgIpc) is 3.06. The Morgan fingerprint density at radius 2 is 1.70 bits per heavy atom. The summed E-state index contributed by atoms with van der Waals surface area (Å²) in [6.07, 6.45) is 11.0. The highest BCUT2D eigenvalue weighted by molar-refractivity contribution is 7.10. The van der Waals surface area contributed by atoms with E-state index in [0.29, 0.717) is 6.42 Å². The first-order valence-corrected chi connectivity index (χ1v) is 9.14. The zero-order chi connectivity index (χ0) is 16.3. The average molecular weight is 328 g/mol. The summed E-state index contributed by atoms with van der Waals surface area (Å²) >= 11 is 1.75. The highest BCUT2D eigenvalue weighted by atomic mass is 32.1. The summed E-state index contributed by atoms with van der Waals surface area (Å²) in [6, 6.07) is 12.9. The molecule has 0 saturated carbocycles. The molecule has 0 fully saturated rings. The second kappa shape index (κ2) is 10.0. The summed E-state index contributed by atoms with van der Waals surface area (Å²) in [6.45, 7) is 0. The van der Waals surface area contributed by atoms with E-state index in [1.165, 1.54) is 28.8 Å². The van der Waals surface area contributed by atoms with Gasteiger partial charge in [0.05, 0.1) is 0 Å². The molecule has 0 saturated heterocycles. The second-order valence-electron chi connectivity index (χ2n) is 5.75. The molecule has 0 atom stereocenters. The van der Waals surface area contributed by atoms with Crippen LogP contribution < -0.4 is 0 Å². The first kappa shape index (κ1) is 17.5. The first-order valence-electron chi connectivity index (χ1n) is 8.26. The second-order valence-corrected chi connectivity index (χ2v) is 6.73. The van der Waals surface area contributed by atoms with E-state index in [-0.39, 0.29) is 0 Å². The Kier molecular flexibility index (Phi) is 7.61. The molecule has 0 aliphatic carbocycles. The number of hydrogen-bond donors (Lipinski definition) is 1. The molecule has 2 aromatic rings. The quantitative estimate of drug-likeness (QED) is 0.552. The van der Waals surface area contributed by atoms with E-state index in [2.05, 4.69) is 53.9 Å². The van der Waals surface area contributed by atoms with Crippen LogP contribution in [0.15, 0.2) is 41.8 Å². The molecule has 1 N–H and O–H groups in total. The number of carboxylic acids is 1. The smallest absolute Gasteiger partial charge is 0.303 e. The Morgan fingerprint density at radius 1 is 0.957 bits per heavy atom. The van der Waals surface area contributed by atoms with Gasteiger partial charge >= 0.3 is 5.97 Å². The fourth-order valence-electron chi connectivity index (χ4n) is 2.50. The Labute approximate surface area is 142 Å². The van der Waals surface area contributed by atoms with Crippen molar-refractivity contribution < 1.29 is 9.90 Å². The van der Waals surface area contributed by atoms with Crippen molar-refractivity contribution >= 4 is 29.5 Å². The molecule has 122 valence electrons. The molecule has 3 heteroatoms. The van der Waals surface area contributed by atoms with Crippen LogP contribution >= 0.6 is 11.3 Å². The number of aryl methyl sites for hydroxylation is 1. The van der Waals surface area contributed by atoms with Crippen LogP contribution in [0.5, 0.6) is 0 Å². The largest absolute Gasteiger partial charge is 0.481 e. The van der Waals surface area contributed by atoms with Crippen LogP contribution in [0.25, 0.3) is 12.2 Å². The number of rotatable bonds is 10. The zero-order valence-electron chi connectivity index (χ0n) is 13.4. The Morgan fingerprint density at radius 3 is 2.39 bits per heavy atom. The minimum absolute atomic E-state index is 0.306. The van der Waals surface area contributed by atoms with Gasteiger partial charge in [-0.05, 0) is 47.9 Å². The van der Waals surface area contributed by atoms with Crippen molar-refractivity contribution in [3.63, 3.8) is 0 Å². The van der Waals surface area contributed by atoms with E-state index in [0.717, 1.165) is 25.7 Å². The molecule has 1 heterocycles. The Balaban J connectivity index is 1.64. The number of aliphatic carboxylic acids is 1. The van der Waals surface area contributed by atoms with Crippen LogP contribution in [0.4, 0.5) is 0 Å². The lowest BCUT2D eigenvalue weighted by molar-refractivity contribution is -0.137. The van der Waals surface area contributed by atoms with Crippen molar-refractivity contribution in [2.45, 2.75) is 44.9 Å². The van der Waals surface area contributed by atoms with Gasteiger partial charge in [0, 0.05) is 11.3 Å². The van der Waals surface area contributed by atoms with Crippen molar-refractivity contribution in [1.29, 1.82) is 0 Å². The van der Waals surface area contributed by atoms with Crippen LogP contribution in [0.1, 0.15) is 54.5 Å². The number of thiophene rings is 1. The monoisotopic (exact) mass is 328 g/mol. The van der Waals surface area contributed by atoms with E-state index in [1.807, 2.05) is 0 Å². The van der Waals surface area contributed by atoms with Crippen molar-refractivity contribution in [2.24, 2.45) is 0 Å². The molecule has 2 rings (SSSR count). The van der Waals surface area contributed by atoms with Crippen molar-refractivity contribution in [3.05, 3.63) is 57.8 Å². The van der Waals surface area contributed by atoms with Crippen molar-refractivity contribution in [3.8, 4) is 0 Å². The third-order valence-electron chi connectivity index (χ3n) is 3.82. The maximum absolute atomic E-state index is 10.4. The highest BCUT2D eigenvalue weighted by Crippen LogP contribution is 2.15. The summed E-state index contributed by atoms with van der Waals surface area (Å²) in [5.41, 5.74) is 2.61.